The van der Waals surface area contributed by atoms with E-state index in [1.165, 1.54) is 6.92 Å². The van der Waals surface area contributed by atoms with Crippen LogP contribution in [0, 0.1) is 0 Å². The van der Waals surface area contributed by atoms with Gasteiger partial charge in [0.05, 0.1) is 25.3 Å². The summed E-state index contributed by atoms with van der Waals surface area (Å²) in [5.41, 5.74) is 0.107. The molecule has 1 aromatic carbocycles. The van der Waals surface area contributed by atoms with Gasteiger partial charge in [-0.1, -0.05) is 6.58 Å². The Labute approximate surface area is 155 Å². The Hall–Kier alpha value is -3.43. The van der Waals surface area contributed by atoms with Gasteiger partial charge in [-0.2, -0.15) is 0 Å². The first-order valence-electron chi connectivity index (χ1n) is 7.87. The van der Waals surface area contributed by atoms with E-state index in [1.54, 1.807) is 0 Å². The van der Waals surface area contributed by atoms with Crippen molar-refractivity contribution in [3.05, 3.63) is 29.8 Å². The maximum absolute atomic E-state index is 11.7. The van der Waals surface area contributed by atoms with Gasteiger partial charge in [-0.15, -0.1) is 0 Å². The van der Waals surface area contributed by atoms with Crippen molar-refractivity contribution in [3.8, 4) is 17.2 Å². The quantitative estimate of drug-likeness (QED) is 0.162. The molecule has 0 heterocycles. The van der Waals surface area contributed by atoms with E-state index in [0.29, 0.717) is 0 Å². The van der Waals surface area contributed by atoms with Gasteiger partial charge in [-0.05, 0) is 19.1 Å². The fourth-order valence-corrected chi connectivity index (χ4v) is 1.67. The zero-order chi connectivity index (χ0) is 20.4. The Balaban J connectivity index is 2.17. The smallest absolute Gasteiger partial charge is 0.407 e. The minimum Gasteiger partial charge on any atom is -0.504 e. The summed E-state index contributed by atoms with van der Waals surface area (Å²) in [7, 11) is 0. The predicted molar refractivity (Wildman–Crippen MR) is 91.5 cm³/mol. The van der Waals surface area contributed by atoms with E-state index in [4.69, 9.17) is 14.2 Å². The Morgan fingerprint density at radius 3 is 2.19 bits per heavy atom. The SMILES string of the molecule is C=C(C)C(=O)OCCNC(=O)OCCCOC(=O)c1cc(O)c(O)c(O)c1. The van der Waals surface area contributed by atoms with Gasteiger partial charge in [0, 0.05) is 12.0 Å². The molecule has 0 saturated heterocycles. The standard InChI is InChI=1S/C17H21NO9/c1-10(2)15(22)26-7-4-18-17(24)27-6-3-5-25-16(23)11-8-12(19)14(21)13(20)9-11/h8-9,19-21H,1,3-7H2,2H3,(H,18,24). The summed E-state index contributed by atoms with van der Waals surface area (Å²) in [6.07, 6.45) is -0.513. The normalized spacial score (nSPS) is 9.96. The van der Waals surface area contributed by atoms with Crippen molar-refractivity contribution in [2.75, 3.05) is 26.4 Å². The van der Waals surface area contributed by atoms with Gasteiger partial charge in [0.15, 0.2) is 17.2 Å². The van der Waals surface area contributed by atoms with Crippen molar-refractivity contribution >= 4 is 18.0 Å². The number of hydrogen-bond acceptors (Lipinski definition) is 9. The Kier molecular flexibility index (Phi) is 8.43. The molecule has 0 aliphatic heterocycles. The first kappa shape index (κ1) is 21.6. The number of phenols is 3. The maximum Gasteiger partial charge on any atom is 0.407 e. The monoisotopic (exact) mass is 383 g/mol. The number of rotatable bonds is 9. The number of ether oxygens (including phenoxy) is 3. The summed E-state index contributed by atoms with van der Waals surface area (Å²) in [6.45, 7) is 4.85. The fraction of sp³-hybridized carbons (Fsp3) is 0.353. The number of amides is 1. The third-order valence-corrected chi connectivity index (χ3v) is 3.01. The maximum atomic E-state index is 11.7. The highest BCUT2D eigenvalue weighted by molar-refractivity contribution is 5.91. The minimum absolute atomic E-state index is 0.0231. The molecule has 4 N–H and O–H groups in total. The van der Waals surface area contributed by atoms with Gasteiger partial charge in [0.2, 0.25) is 0 Å². The Morgan fingerprint density at radius 2 is 1.59 bits per heavy atom. The number of alkyl carbamates (subject to hydrolysis) is 1. The van der Waals surface area contributed by atoms with Gasteiger partial charge in [0.25, 0.3) is 0 Å². The lowest BCUT2D eigenvalue weighted by atomic mass is 10.2. The number of esters is 2. The van der Waals surface area contributed by atoms with Crippen LogP contribution in [-0.2, 0) is 19.0 Å². The zero-order valence-corrected chi connectivity index (χ0v) is 14.7. The van der Waals surface area contributed by atoms with Gasteiger partial charge in [0.1, 0.15) is 6.61 Å². The molecular weight excluding hydrogens is 362 g/mol. The molecule has 0 bridgehead atoms. The van der Waals surface area contributed by atoms with E-state index in [-0.39, 0.29) is 43.9 Å². The topological polar surface area (TPSA) is 152 Å². The number of phenolic OH excluding ortho intramolecular Hbond substituents is 3. The third kappa shape index (κ3) is 7.55. The first-order chi connectivity index (χ1) is 12.7. The van der Waals surface area contributed by atoms with E-state index >= 15 is 0 Å². The number of carbonyl (C=O) groups excluding carboxylic acids is 3. The second-order valence-electron chi connectivity index (χ2n) is 5.33. The second kappa shape index (κ2) is 10.5. The van der Waals surface area contributed by atoms with Crippen LogP contribution in [0.1, 0.15) is 23.7 Å². The van der Waals surface area contributed by atoms with E-state index in [1.807, 2.05) is 0 Å². The fourth-order valence-electron chi connectivity index (χ4n) is 1.67. The van der Waals surface area contributed by atoms with Gasteiger partial charge >= 0.3 is 18.0 Å². The van der Waals surface area contributed by atoms with Crippen LogP contribution >= 0.6 is 0 Å². The molecule has 0 saturated carbocycles. The molecule has 0 aliphatic rings. The molecule has 1 aromatic rings. The van der Waals surface area contributed by atoms with Crippen LogP contribution in [0.3, 0.4) is 0 Å². The number of benzene rings is 1. The summed E-state index contributed by atoms with van der Waals surface area (Å²) in [5.74, 6) is -3.43. The molecule has 27 heavy (non-hydrogen) atoms. The molecule has 0 unspecified atom stereocenters. The van der Waals surface area contributed by atoms with E-state index in [2.05, 4.69) is 11.9 Å². The molecule has 10 heteroatoms. The zero-order valence-electron chi connectivity index (χ0n) is 14.7. The summed E-state index contributed by atoms with van der Waals surface area (Å²) in [4.78, 5) is 34.2. The van der Waals surface area contributed by atoms with E-state index in [9.17, 15) is 29.7 Å². The molecule has 0 aromatic heterocycles. The van der Waals surface area contributed by atoms with Crippen molar-refractivity contribution in [2.24, 2.45) is 0 Å². The van der Waals surface area contributed by atoms with Crippen molar-refractivity contribution < 1.29 is 43.9 Å². The van der Waals surface area contributed by atoms with Crippen LogP contribution in [0.5, 0.6) is 17.2 Å². The second-order valence-corrected chi connectivity index (χ2v) is 5.33. The summed E-state index contributed by atoms with van der Waals surface area (Å²) >= 11 is 0. The minimum atomic E-state index is -0.829. The highest BCUT2D eigenvalue weighted by Crippen LogP contribution is 2.35. The molecule has 0 spiro atoms. The Morgan fingerprint density at radius 1 is 1.00 bits per heavy atom. The van der Waals surface area contributed by atoms with Gasteiger partial charge in [-0.3, -0.25) is 0 Å². The van der Waals surface area contributed by atoms with Crippen LogP contribution in [-0.4, -0.2) is 59.7 Å². The largest absolute Gasteiger partial charge is 0.504 e. The highest BCUT2D eigenvalue weighted by Gasteiger charge is 2.14. The molecule has 1 rings (SSSR count). The lowest BCUT2D eigenvalue weighted by Gasteiger charge is -2.09. The number of hydrogen-bond donors (Lipinski definition) is 4. The molecule has 0 radical (unpaired) electrons. The van der Waals surface area contributed by atoms with Crippen molar-refractivity contribution in [1.29, 1.82) is 0 Å². The Bertz CT molecular complexity index is 691. The molecular formula is C17H21NO9. The predicted octanol–water partition coefficient (Wildman–Crippen LogP) is 1.20. The summed E-state index contributed by atoms with van der Waals surface area (Å²) < 4.78 is 14.5. The molecule has 10 nitrogen and oxygen atoms in total. The lowest BCUT2D eigenvalue weighted by Crippen LogP contribution is -2.29. The summed E-state index contributed by atoms with van der Waals surface area (Å²) in [5, 5.41) is 30.2. The van der Waals surface area contributed by atoms with Crippen LogP contribution in [0.4, 0.5) is 4.79 Å². The summed E-state index contributed by atoms with van der Waals surface area (Å²) in [6, 6.07) is 1.89. The number of nitrogens with one attached hydrogen (secondary N) is 1. The number of aromatic hydroxyl groups is 3. The molecule has 0 fully saturated rings. The van der Waals surface area contributed by atoms with Crippen LogP contribution in [0.25, 0.3) is 0 Å². The van der Waals surface area contributed by atoms with Crippen LogP contribution in [0.2, 0.25) is 0 Å². The van der Waals surface area contributed by atoms with E-state index in [0.717, 1.165) is 12.1 Å². The molecule has 1 amide bonds. The van der Waals surface area contributed by atoms with Crippen molar-refractivity contribution in [1.82, 2.24) is 5.32 Å². The molecule has 0 atom stereocenters. The third-order valence-electron chi connectivity index (χ3n) is 3.01. The van der Waals surface area contributed by atoms with Crippen LogP contribution < -0.4 is 5.32 Å². The van der Waals surface area contributed by atoms with Crippen molar-refractivity contribution in [3.63, 3.8) is 0 Å². The average Bonchev–Trinajstić information content (AvgIpc) is 2.61. The number of carbonyl (C=O) groups is 3. The van der Waals surface area contributed by atoms with Crippen LogP contribution in [0.15, 0.2) is 24.3 Å². The van der Waals surface area contributed by atoms with E-state index < -0.39 is 35.3 Å². The molecule has 148 valence electrons. The average molecular weight is 383 g/mol. The van der Waals surface area contributed by atoms with Crippen molar-refractivity contribution in [2.45, 2.75) is 13.3 Å². The molecule has 0 aliphatic carbocycles. The van der Waals surface area contributed by atoms with Gasteiger partial charge < -0.3 is 34.8 Å². The van der Waals surface area contributed by atoms with Gasteiger partial charge in [-0.25, -0.2) is 14.4 Å². The first-order valence-corrected chi connectivity index (χ1v) is 7.87. The highest BCUT2D eigenvalue weighted by atomic mass is 16.6. The lowest BCUT2D eigenvalue weighted by molar-refractivity contribution is -0.138.